The Morgan fingerprint density at radius 2 is 2.00 bits per heavy atom. The highest BCUT2D eigenvalue weighted by molar-refractivity contribution is 6.08. The summed E-state index contributed by atoms with van der Waals surface area (Å²) in [5.74, 6) is 0.322. The summed E-state index contributed by atoms with van der Waals surface area (Å²) in [6, 6.07) is 0. The first-order valence-corrected chi connectivity index (χ1v) is 6.08. The van der Waals surface area contributed by atoms with Crippen molar-refractivity contribution in [3.8, 4) is 0 Å². The zero-order valence-electron chi connectivity index (χ0n) is 10.1. The van der Waals surface area contributed by atoms with Crippen molar-refractivity contribution in [1.29, 1.82) is 0 Å². The molecule has 0 heterocycles. The molecular formula is C14H20O2. The number of Topliss-reactive ketones (excluding diaryl/α,β-unsaturated/α-hetero) is 2. The minimum atomic E-state index is -0.659. The molecule has 2 heteroatoms. The third-order valence-electron chi connectivity index (χ3n) is 3.58. The van der Waals surface area contributed by atoms with E-state index in [0.29, 0.717) is 25.7 Å². The maximum absolute atomic E-state index is 12.0. The third-order valence-corrected chi connectivity index (χ3v) is 3.58. The van der Waals surface area contributed by atoms with Crippen LogP contribution < -0.4 is 0 Å². The minimum absolute atomic E-state index is 0.161. The molecule has 0 aromatic carbocycles. The van der Waals surface area contributed by atoms with Crippen LogP contribution in [0.2, 0.25) is 0 Å². The van der Waals surface area contributed by atoms with Crippen LogP contribution in [0.4, 0.5) is 0 Å². The fourth-order valence-electron chi connectivity index (χ4n) is 2.50. The summed E-state index contributed by atoms with van der Waals surface area (Å²) in [4.78, 5) is 23.9. The largest absolute Gasteiger partial charge is 0.299 e. The molecule has 16 heavy (non-hydrogen) atoms. The average Bonchev–Trinajstić information content (AvgIpc) is 2.28. The maximum atomic E-state index is 12.0. The Morgan fingerprint density at radius 1 is 1.38 bits per heavy atom. The SMILES string of the molecule is C=C=CCCCC1(CC)C(=O)CCCC1=O. The second kappa shape index (κ2) is 5.81. The van der Waals surface area contributed by atoms with E-state index in [2.05, 4.69) is 12.3 Å². The van der Waals surface area contributed by atoms with E-state index in [1.807, 2.05) is 13.0 Å². The molecule has 0 amide bonds. The summed E-state index contributed by atoms with van der Waals surface area (Å²) in [7, 11) is 0. The minimum Gasteiger partial charge on any atom is -0.299 e. The molecule has 88 valence electrons. The van der Waals surface area contributed by atoms with E-state index in [-0.39, 0.29) is 11.6 Å². The van der Waals surface area contributed by atoms with Crippen LogP contribution in [0.1, 0.15) is 51.9 Å². The molecule has 0 aromatic rings. The lowest BCUT2D eigenvalue weighted by Crippen LogP contribution is -2.42. The van der Waals surface area contributed by atoms with Crippen molar-refractivity contribution in [3.05, 3.63) is 18.4 Å². The number of hydrogen-bond acceptors (Lipinski definition) is 2. The van der Waals surface area contributed by atoms with Gasteiger partial charge in [-0.25, -0.2) is 0 Å². The van der Waals surface area contributed by atoms with E-state index in [1.165, 1.54) is 0 Å². The topological polar surface area (TPSA) is 34.1 Å². The van der Waals surface area contributed by atoms with E-state index in [1.54, 1.807) is 0 Å². The van der Waals surface area contributed by atoms with Crippen LogP contribution in [0, 0.1) is 5.41 Å². The number of unbranched alkanes of at least 4 members (excludes halogenated alkanes) is 1. The van der Waals surface area contributed by atoms with Crippen LogP contribution >= 0.6 is 0 Å². The Bertz CT molecular complexity index is 306. The summed E-state index contributed by atoms with van der Waals surface area (Å²) in [6.45, 7) is 5.45. The molecule has 2 nitrogen and oxygen atoms in total. The van der Waals surface area contributed by atoms with Gasteiger partial charge in [-0.05, 0) is 38.2 Å². The predicted octanol–water partition coefficient (Wildman–Crippen LogP) is 3.22. The lowest BCUT2D eigenvalue weighted by Gasteiger charge is -2.33. The van der Waals surface area contributed by atoms with Gasteiger partial charge in [-0.15, -0.1) is 5.73 Å². The van der Waals surface area contributed by atoms with Crippen molar-refractivity contribution in [2.24, 2.45) is 5.41 Å². The monoisotopic (exact) mass is 220 g/mol. The van der Waals surface area contributed by atoms with Gasteiger partial charge < -0.3 is 0 Å². The number of ketones is 2. The molecule has 0 bridgehead atoms. The zero-order valence-corrected chi connectivity index (χ0v) is 10.1. The van der Waals surface area contributed by atoms with E-state index in [9.17, 15) is 9.59 Å². The van der Waals surface area contributed by atoms with Gasteiger partial charge in [0, 0.05) is 12.8 Å². The highest BCUT2D eigenvalue weighted by Crippen LogP contribution is 2.37. The summed E-state index contributed by atoms with van der Waals surface area (Å²) >= 11 is 0. The van der Waals surface area contributed by atoms with Gasteiger partial charge in [-0.2, -0.15) is 0 Å². The quantitative estimate of drug-likeness (QED) is 0.405. The van der Waals surface area contributed by atoms with E-state index in [4.69, 9.17) is 0 Å². The van der Waals surface area contributed by atoms with Crippen LogP contribution in [0.15, 0.2) is 18.4 Å². The Labute approximate surface area is 97.4 Å². The highest BCUT2D eigenvalue weighted by atomic mass is 16.2. The highest BCUT2D eigenvalue weighted by Gasteiger charge is 2.44. The van der Waals surface area contributed by atoms with Gasteiger partial charge >= 0.3 is 0 Å². The molecule has 0 spiro atoms. The fraction of sp³-hybridized carbons (Fsp3) is 0.643. The summed E-state index contributed by atoms with van der Waals surface area (Å²) in [6.07, 6.45) is 6.84. The molecule has 1 fully saturated rings. The van der Waals surface area contributed by atoms with Crippen molar-refractivity contribution < 1.29 is 9.59 Å². The first kappa shape index (κ1) is 12.9. The lowest BCUT2D eigenvalue weighted by atomic mass is 9.67. The van der Waals surface area contributed by atoms with Gasteiger partial charge in [0.15, 0.2) is 0 Å². The molecule has 1 aliphatic carbocycles. The Kier molecular flexibility index (Phi) is 4.70. The van der Waals surface area contributed by atoms with Crippen LogP contribution in [0.5, 0.6) is 0 Å². The van der Waals surface area contributed by atoms with Crippen LogP contribution in [-0.2, 0) is 9.59 Å². The summed E-state index contributed by atoms with van der Waals surface area (Å²) in [5, 5.41) is 0. The Balaban J connectivity index is 2.69. The van der Waals surface area contributed by atoms with Gasteiger partial charge in [0.25, 0.3) is 0 Å². The van der Waals surface area contributed by atoms with Crippen molar-refractivity contribution in [3.63, 3.8) is 0 Å². The molecule has 1 saturated carbocycles. The summed E-state index contributed by atoms with van der Waals surface area (Å²) in [5.41, 5.74) is 2.05. The van der Waals surface area contributed by atoms with Gasteiger partial charge in [0.1, 0.15) is 11.6 Å². The van der Waals surface area contributed by atoms with Crippen LogP contribution in [0.3, 0.4) is 0 Å². The normalized spacial score (nSPS) is 19.3. The first-order chi connectivity index (χ1) is 7.67. The third kappa shape index (κ3) is 2.51. The molecule has 1 rings (SSSR count). The van der Waals surface area contributed by atoms with Gasteiger partial charge in [-0.3, -0.25) is 9.59 Å². The Hall–Kier alpha value is -1.14. The van der Waals surface area contributed by atoms with E-state index < -0.39 is 5.41 Å². The molecule has 0 saturated heterocycles. The number of carbonyl (C=O) groups excluding carboxylic acids is 2. The number of rotatable bonds is 5. The van der Waals surface area contributed by atoms with Crippen molar-refractivity contribution >= 4 is 11.6 Å². The number of hydrogen-bond donors (Lipinski definition) is 0. The lowest BCUT2D eigenvalue weighted by molar-refractivity contribution is -0.144. The zero-order chi connectivity index (χ0) is 12.0. The van der Waals surface area contributed by atoms with Gasteiger partial charge in [-0.1, -0.05) is 13.5 Å². The fourth-order valence-corrected chi connectivity index (χ4v) is 2.50. The molecule has 0 unspecified atom stereocenters. The maximum Gasteiger partial charge on any atom is 0.146 e. The van der Waals surface area contributed by atoms with E-state index in [0.717, 1.165) is 19.3 Å². The van der Waals surface area contributed by atoms with Crippen molar-refractivity contribution in [2.75, 3.05) is 0 Å². The predicted molar refractivity (Wildman–Crippen MR) is 64.2 cm³/mol. The van der Waals surface area contributed by atoms with Crippen LogP contribution in [-0.4, -0.2) is 11.6 Å². The summed E-state index contributed by atoms with van der Waals surface area (Å²) < 4.78 is 0. The molecule has 0 atom stereocenters. The number of allylic oxidation sites excluding steroid dienone is 1. The molecule has 0 aromatic heterocycles. The Morgan fingerprint density at radius 3 is 2.50 bits per heavy atom. The molecule has 0 N–H and O–H groups in total. The molecule has 0 radical (unpaired) electrons. The van der Waals surface area contributed by atoms with Crippen LogP contribution in [0.25, 0.3) is 0 Å². The first-order valence-electron chi connectivity index (χ1n) is 6.08. The van der Waals surface area contributed by atoms with Crippen molar-refractivity contribution in [1.82, 2.24) is 0 Å². The molecule has 1 aliphatic rings. The smallest absolute Gasteiger partial charge is 0.146 e. The molecule has 0 aliphatic heterocycles. The van der Waals surface area contributed by atoms with Gasteiger partial charge in [0.2, 0.25) is 0 Å². The second-order valence-electron chi connectivity index (χ2n) is 4.44. The van der Waals surface area contributed by atoms with Crippen molar-refractivity contribution in [2.45, 2.75) is 51.9 Å². The standard InChI is InChI=1S/C14H20O2/c1-3-5-6-7-11-14(4-2)12(15)9-8-10-13(14)16/h5H,1,4,6-11H2,2H3. The average molecular weight is 220 g/mol. The van der Waals surface area contributed by atoms with Gasteiger partial charge in [0.05, 0.1) is 5.41 Å². The van der Waals surface area contributed by atoms with E-state index >= 15 is 0 Å². The second-order valence-corrected chi connectivity index (χ2v) is 4.44. The molecular weight excluding hydrogens is 200 g/mol. The number of carbonyl (C=O) groups is 2.